The van der Waals surface area contributed by atoms with Gasteiger partial charge >= 0.3 is 35.8 Å². The smallest absolute Gasteiger partial charge is 0.313 e. The Balaban J connectivity index is 3.62. The van der Waals surface area contributed by atoms with Crippen molar-refractivity contribution < 1.29 is 48.5 Å². The number of rotatable bonds is 17. The van der Waals surface area contributed by atoms with Crippen LogP contribution in [0.2, 0.25) is 0 Å². The van der Waals surface area contributed by atoms with Gasteiger partial charge in [0.15, 0.2) is 0 Å². The summed E-state index contributed by atoms with van der Waals surface area (Å²) >= 11 is 0. The molecule has 10 nitrogen and oxygen atoms in total. The minimum absolute atomic E-state index is 0.000585. The molecule has 0 amide bonds. The number of carboxylic acids is 2. The molecule has 0 aliphatic rings. The fourth-order valence-corrected chi connectivity index (χ4v) is 2.44. The first-order valence-electron chi connectivity index (χ1n) is 10.1. The molecular weight excluding hydrogens is 400 g/mol. The molecule has 30 heavy (non-hydrogen) atoms. The van der Waals surface area contributed by atoms with E-state index in [1.54, 1.807) is 0 Å². The van der Waals surface area contributed by atoms with Gasteiger partial charge in [-0.05, 0) is 38.5 Å². The maximum atomic E-state index is 11.5. The SMILES string of the molecule is O=C(O)CCCCC(=O)OC(=O)CCCCCCC(=O)OC(=O)CCCCC(=O)O. The van der Waals surface area contributed by atoms with Gasteiger partial charge in [-0.2, -0.15) is 0 Å². The molecular formula is C20H30O10. The number of carbonyl (C=O) groups excluding carboxylic acids is 4. The maximum Gasteiger partial charge on any atom is 0.313 e. The van der Waals surface area contributed by atoms with Gasteiger partial charge in [-0.15, -0.1) is 0 Å². The number of ether oxygens (including phenoxy) is 2. The number of unbranched alkanes of at least 4 members (excludes halogenated alkanes) is 5. The van der Waals surface area contributed by atoms with Gasteiger partial charge in [0, 0.05) is 38.5 Å². The third-order valence-corrected chi connectivity index (χ3v) is 4.01. The Morgan fingerprint density at radius 3 is 0.900 bits per heavy atom. The van der Waals surface area contributed by atoms with Crippen LogP contribution in [0, 0.1) is 0 Å². The minimum Gasteiger partial charge on any atom is -0.481 e. The van der Waals surface area contributed by atoms with Gasteiger partial charge in [-0.3, -0.25) is 28.8 Å². The molecule has 0 aliphatic carbocycles. The molecule has 0 aromatic rings. The lowest BCUT2D eigenvalue weighted by molar-refractivity contribution is -0.161. The highest BCUT2D eigenvalue weighted by Gasteiger charge is 2.12. The molecule has 0 saturated carbocycles. The van der Waals surface area contributed by atoms with E-state index in [4.69, 9.17) is 10.2 Å². The van der Waals surface area contributed by atoms with Crippen LogP contribution in [0.4, 0.5) is 0 Å². The van der Waals surface area contributed by atoms with E-state index in [0.717, 1.165) is 0 Å². The number of hydrogen-bond acceptors (Lipinski definition) is 8. The summed E-state index contributed by atoms with van der Waals surface area (Å²) in [5.74, 6) is -4.47. The molecule has 0 fully saturated rings. The fourth-order valence-electron chi connectivity index (χ4n) is 2.44. The first kappa shape index (κ1) is 27.2. The number of esters is 4. The monoisotopic (exact) mass is 430 g/mol. The van der Waals surface area contributed by atoms with E-state index < -0.39 is 35.8 Å². The van der Waals surface area contributed by atoms with Crippen molar-refractivity contribution in [3.63, 3.8) is 0 Å². The number of aliphatic carboxylic acids is 2. The summed E-state index contributed by atoms with van der Waals surface area (Å²) in [6.45, 7) is 0. The molecule has 0 aromatic carbocycles. The van der Waals surface area contributed by atoms with Crippen LogP contribution < -0.4 is 0 Å². The molecule has 10 heteroatoms. The zero-order chi connectivity index (χ0) is 22.8. The van der Waals surface area contributed by atoms with Crippen LogP contribution >= 0.6 is 0 Å². The average Bonchev–Trinajstić information content (AvgIpc) is 2.64. The molecule has 2 N–H and O–H groups in total. The third kappa shape index (κ3) is 18.6. The predicted molar refractivity (Wildman–Crippen MR) is 102 cm³/mol. The van der Waals surface area contributed by atoms with Gasteiger partial charge in [0.25, 0.3) is 0 Å². The lowest BCUT2D eigenvalue weighted by Gasteiger charge is -2.04. The molecule has 0 bridgehead atoms. The van der Waals surface area contributed by atoms with E-state index in [0.29, 0.717) is 51.4 Å². The lowest BCUT2D eigenvalue weighted by Crippen LogP contribution is -2.12. The summed E-state index contributed by atoms with van der Waals surface area (Å²) in [4.78, 5) is 66.5. The lowest BCUT2D eigenvalue weighted by atomic mass is 10.1. The van der Waals surface area contributed by atoms with Crippen molar-refractivity contribution in [2.45, 2.75) is 89.9 Å². The Labute approximate surface area is 174 Å². The molecule has 0 rings (SSSR count). The average molecular weight is 430 g/mol. The Hall–Kier alpha value is -2.78. The van der Waals surface area contributed by atoms with Crippen molar-refractivity contribution >= 4 is 35.8 Å². The van der Waals surface area contributed by atoms with Crippen LogP contribution in [0.25, 0.3) is 0 Å². The van der Waals surface area contributed by atoms with E-state index in [2.05, 4.69) is 9.47 Å². The first-order chi connectivity index (χ1) is 14.2. The zero-order valence-corrected chi connectivity index (χ0v) is 17.1. The molecule has 0 heterocycles. The summed E-state index contributed by atoms with van der Waals surface area (Å²) in [7, 11) is 0. The van der Waals surface area contributed by atoms with Crippen molar-refractivity contribution in [3.05, 3.63) is 0 Å². The van der Waals surface area contributed by atoms with Crippen LogP contribution in [0.3, 0.4) is 0 Å². The Bertz CT molecular complexity index is 544. The second-order valence-electron chi connectivity index (χ2n) is 6.81. The second-order valence-corrected chi connectivity index (χ2v) is 6.81. The highest BCUT2D eigenvalue weighted by molar-refractivity contribution is 5.85. The molecule has 0 spiro atoms. The largest absolute Gasteiger partial charge is 0.481 e. The Morgan fingerprint density at radius 2 is 0.633 bits per heavy atom. The number of hydrogen-bond donors (Lipinski definition) is 2. The summed E-state index contributed by atoms with van der Waals surface area (Å²) in [5, 5.41) is 17.0. The standard InChI is InChI=1S/C20H30O10/c21-15(22)9-5-7-13-19(27)29-17(25)11-3-1-2-4-12-18(26)30-20(28)14-8-6-10-16(23)24/h1-14H2,(H,21,22)(H,23,24). The van der Waals surface area contributed by atoms with Gasteiger partial charge in [-0.1, -0.05) is 12.8 Å². The zero-order valence-electron chi connectivity index (χ0n) is 17.1. The summed E-state index contributed by atoms with van der Waals surface area (Å²) in [6, 6.07) is 0. The third-order valence-electron chi connectivity index (χ3n) is 4.01. The van der Waals surface area contributed by atoms with Crippen LogP contribution in [-0.2, 0) is 38.2 Å². The van der Waals surface area contributed by atoms with E-state index in [1.165, 1.54) is 0 Å². The van der Waals surface area contributed by atoms with E-state index >= 15 is 0 Å². The van der Waals surface area contributed by atoms with Crippen LogP contribution in [0.1, 0.15) is 89.9 Å². The van der Waals surface area contributed by atoms with Crippen molar-refractivity contribution in [1.29, 1.82) is 0 Å². The van der Waals surface area contributed by atoms with E-state index in [1.807, 2.05) is 0 Å². The topological polar surface area (TPSA) is 161 Å². The number of carbonyl (C=O) groups is 6. The summed E-state index contributed by atoms with van der Waals surface area (Å²) in [5.41, 5.74) is 0. The van der Waals surface area contributed by atoms with Gasteiger partial charge in [-0.25, -0.2) is 0 Å². The van der Waals surface area contributed by atoms with Crippen LogP contribution in [0.15, 0.2) is 0 Å². The highest BCUT2D eigenvalue weighted by Crippen LogP contribution is 2.09. The Kier molecular flexibility index (Phi) is 15.5. The van der Waals surface area contributed by atoms with Crippen LogP contribution in [-0.4, -0.2) is 46.0 Å². The van der Waals surface area contributed by atoms with Gasteiger partial charge in [0.05, 0.1) is 0 Å². The molecule has 0 aromatic heterocycles. The van der Waals surface area contributed by atoms with Gasteiger partial charge in [0.1, 0.15) is 0 Å². The van der Waals surface area contributed by atoms with Crippen molar-refractivity contribution in [1.82, 2.24) is 0 Å². The molecule has 170 valence electrons. The minimum atomic E-state index is -0.938. The summed E-state index contributed by atoms with van der Waals surface area (Å²) in [6.07, 6.45) is 3.71. The molecule has 0 unspecified atom stereocenters. The Morgan fingerprint density at radius 1 is 0.400 bits per heavy atom. The van der Waals surface area contributed by atoms with Crippen molar-refractivity contribution in [2.24, 2.45) is 0 Å². The quantitative estimate of drug-likeness (QED) is 0.199. The van der Waals surface area contributed by atoms with Crippen LogP contribution in [0.5, 0.6) is 0 Å². The fraction of sp³-hybridized carbons (Fsp3) is 0.700. The molecule has 0 saturated heterocycles. The summed E-state index contributed by atoms with van der Waals surface area (Å²) < 4.78 is 9.26. The first-order valence-corrected chi connectivity index (χ1v) is 10.1. The van der Waals surface area contributed by atoms with Crippen molar-refractivity contribution in [2.75, 3.05) is 0 Å². The molecule has 0 aliphatic heterocycles. The molecule has 0 atom stereocenters. The second kappa shape index (κ2) is 17.1. The highest BCUT2D eigenvalue weighted by atomic mass is 16.6. The maximum absolute atomic E-state index is 11.5. The number of carboxylic acid groups (broad SMARTS) is 2. The van der Waals surface area contributed by atoms with Gasteiger partial charge < -0.3 is 19.7 Å². The van der Waals surface area contributed by atoms with E-state index in [-0.39, 0.29) is 38.5 Å². The predicted octanol–water partition coefficient (Wildman–Crippen LogP) is 2.76. The van der Waals surface area contributed by atoms with E-state index in [9.17, 15) is 28.8 Å². The van der Waals surface area contributed by atoms with Gasteiger partial charge in [0.2, 0.25) is 0 Å². The van der Waals surface area contributed by atoms with Crippen molar-refractivity contribution in [3.8, 4) is 0 Å². The normalized spacial score (nSPS) is 10.3. The molecule has 0 radical (unpaired) electrons.